The van der Waals surface area contributed by atoms with E-state index in [1.54, 1.807) is 23.5 Å². The molecular weight excluding hydrogens is 360 g/mol. The van der Waals surface area contributed by atoms with Crippen molar-refractivity contribution in [3.8, 4) is 11.6 Å². The van der Waals surface area contributed by atoms with Crippen LogP contribution in [-0.2, 0) is 19.3 Å². The molecule has 6 heteroatoms. The van der Waals surface area contributed by atoms with Crippen LogP contribution in [-0.4, -0.2) is 9.97 Å². The van der Waals surface area contributed by atoms with Crippen LogP contribution < -0.4 is 10.4 Å². The fourth-order valence-corrected chi connectivity index (χ4v) is 4.88. The lowest BCUT2D eigenvalue weighted by molar-refractivity contribution is 0.463. The van der Waals surface area contributed by atoms with Gasteiger partial charge in [-0.2, -0.15) is 4.98 Å². The van der Waals surface area contributed by atoms with Crippen molar-refractivity contribution in [3.63, 3.8) is 0 Å². The fourth-order valence-electron chi connectivity index (χ4n) is 3.61. The highest BCUT2D eigenvalue weighted by Gasteiger charge is 2.22. The molecule has 0 fully saturated rings. The van der Waals surface area contributed by atoms with Crippen molar-refractivity contribution >= 4 is 32.5 Å². The lowest BCUT2D eigenvalue weighted by Gasteiger charge is -2.12. The van der Waals surface area contributed by atoms with Crippen molar-refractivity contribution in [3.05, 3.63) is 57.0 Å². The summed E-state index contributed by atoms with van der Waals surface area (Å²) in [5, 5.41) is 1.90. The van der Waals surface area contributed by atoms with E-state index in [9.17, 15) is 4.79 Å². The molecule has 0 aliphatic heterocycles. The number of hydrogen-bond donors (Lipinski definition) is 0. The van der Waals surface area contributed by atoms with Gasteiger partial charge in [0.05, 0.1) is 5.39 Å². The second kappa shape index (κ2) is 6.46. The number of thiophene rings is 1. The molecule has 0 bridgehead atoms. The zero-order valence-corrected chi connectivity index (χ0v) is 15.8. The fraction of sp³-hybridized carbons (Fsp3) is 0.286. The summed E-state index contributed by atoms with van der Waals surface area (Å²) in [6.07, 6.45) is 5.33. The van der Waals surface area contributed by atoms with E-state index < -0.39 is 0 Å². The Kier molecular flexibility index (Phi) is 3.93. The van der Waals surface area contributed by atoms with Gasteiger partial charge in [0, 0.05) is 28.8 Å². The van der Waals surface area contributed by atoms with Crippen LogP contribution in [0, 0.1) is 0 Å². The van der Waals surface area contributed by atoms with Crippen LogP contribution in [0.2, 0.25) is 0 Å². The standard InChI is InChI=1S/C21H18N2O3S/c1-2-17-22-20(19-14-5-3-4-6-16(14)27-21(19)23-17)25-13-9-7-12-8-10-18(24)26-15(12)11-13/h7-11H,2-6H2,1H3. The summed E-state index contributed by atoms with van der Waals surface area (Å²) in [5.41, 5.74) is 1.48. The molecule has 136 valence electrons. The molecule has 1 aromatic carbocycles. The van der Waals surface area contributed by atoms with E-state index in [1.807, 2.05) is 19.1 Å². The quantitative estimate of drug-likeness (QED) is 0.468. The third kappa shape index (κ3) is 2.90. The number of hydrogen-bond acceptors (Lipinski definition) is 6. The highest BCUT2D eigenvalue weighted by atomic mass is 32.1. The molecule has 1 aliphatic carbocycles. The van der Waals surface area contributed by atoms with Crippen LogP contribution in [0.3, 0.4) is 0 Å². The molecule has 1 aliphatic rings. The Balaban J connectivity index is 1.65. The molecular formula is C21H18N2O3S. The zero-order valence-electron chi connectivity index (χ0n) is 14.9. The largest absolute Gasteiger partial charge is 0.438 e. The molecule has 0 radical (unpaired) electrons. The average molecular weight is 378 g/mol. The van der Waals surface area contributed by atoms with E-state index in [1.165, 1.54) is 29.3 Å². The predicted molar refractivity (Wildman–Crippen MR) is 106 cm³/mol. The highest BCUT2D eigenvalue weighted by Crippen LogP contribution is 2.40. The molecule has 0 amide bonds. The average Bonchev–Trinajstić information content (AvgIpc) is 3.06. The van der Waals surface area contributed by atoms with E-state index in [4.69, 9.17) is 14.1 Å². The normalized spacial score (nSPS) is 13.8. The maximum Gasteiger partial charge on any atom is 0.336 e. The Morgan fingerprint density at radius 1 is 1.15 bits per heavy atom. The van der Waals surface area contributed by atoms with Gasteiger partial charge in [-0.05, 0) is 49.4 Å². The molecule has 0 unspecified atom stereocenters. The lowest BCUT2D eigenvalue weighted by atomic mass is 9.97. The number of aryl methyl sites for hydroxylation is 3. The van der Waals surface area contributed by atoms with Gasteiger partial charge in [0.25, 0.3) is 0 Å². The Morgan fingerprint density at radius 3 is 2.89 bits per heavy atom. The second-order valence-electron chi connectivity index (χ2n) is 6.75. The molecule has 0 saturated heterocycles. The van der Waals surface area contributed by atoms with Crippen molar-refractivity contribution < 1.29 is 9.15 Å². The Hall–Kier alpha value is -2.73. The second-order valence-corrected chi connectivity index (χ2v) is 7.83. The molecule has 0 atom stereocenters. The van der Waals surface area contributed by atoms with Gasteiger partial charge in [0.2, 0.25) is 5.88 Å². The van der Waals surface area contributed by atoms with Crippen molar-refractivity contribution in [2.24, 2.45) is 0 Å². The number of fused-ring (bicyclic) bond motifs is 4. The maximum absolute atomic E-state index is 11.5. The van der Waals surface area contributed by atoms with Gasteiger partial charge in [0.15, 0.2) is 0 Å². The Labute approximate surface area is 159 Å². The number of aromatic nitrogens is 2. The lowest BCUT2D eigenvalue weighted by Crippen LogP contribution is -2.01. The zero-order chi connectivity index (χ0) is 18.4. The number of rotatable bonds is 3. The van der Waals surface area contributed by atoms with Gasteiger partial charge in [-0.15, -0.1) is 11.3 Å². The summed E-state index contributed by atoms with van der Waals surface area (Å²) in [6, 6.07) is 8.67. The molecule has 4 aromatic rings. The van der Waals surface area contributed by atoms with E-state index >= 15 is 0 Å². The molecule has 3 heterocycles. The molecule has 5 rings (SSSR count). The first-order valence-electron chi connectivity index (χ1n) is 9.24. The van der Waals surface area contributed by atoms with Crippen molar-refractivity contribution in [1.29, 1.82) is 0 Å². The van der Waals surface area contributed by atoms with Gasteiger partial charge in [0.1, 0.15) is 22.0 Å². The minimum Gasteiger partial charge on any atom is -0.438 e. The van der Waals surface area contributed by atoms with Crippen LogP contribution >= 0.6 is 11.3 Å². The molecule has 3 aromatic heterocycles. The van der Waals surface area contributed by atoms with Crippen molar-refractivity contribution in [1.82, 2.24) is 9.97 Å². The highest BCUT2D eigenvalue weighted by molar-refractivity contribution is 7.18. The summed E-state index contributed by atoms with van der Waals surface area (Å²) >= 11 is 1.77. The van der Waals surface area contributed by atoms with E-state index in [0.717, 1.165) is 40.7 Å². The van der Waals surface area contributed by atoms with E-state index in [0.29, 0.717) is 17.2 Å². The van der Waals surface area contributed by atoms with Crippen molar-refractivity contribution in [2.75, 3.05) is 0 Å². The maximum atomic E-state index is 11.5. The first-order valence-corrected chi connectivity index (χ1v) is 10.1. The van der Waals surface area contributed by atoms with Gasteiger partial charge >= 0.3 is 5.63 Å². The SMILES string of the molecule is CCc1nc(Oc2ccc3ccc(=O)oc3c2)c2c3c(sc2n1)CCCC3. The van der Waals surface area contributed by atoms with Crippen LogP contribution in [0.1, 0.15) is 36.0 Å². The molecule has 0 spiro atoms. The first-order chi connectivity index (χ1) is 13.2. The summed E-state index contributed by atoms with van der Waals surface area (Å²) < 4.78 is 11.5. The predicted octanol–water partition coefficient (Wildman–Crippen LogP) is 5.03. The number of benzene rings is 1. The number of ether oxygens (including phenoxy) is 1. The minimum atomic E-state index is -0.371. The first kappa shape index (κ1) is 16.4. The topological polar surface area (TPSA) is 65.2 Å². The summed E-state index contributed by atoms with van der Waals surface area (Å²) in [6.45, 7) is 2.04. The summed E-state index contributed by atoms with van der Waals surface area (Å²) in [7, 11) is 0. The van der Waals surface area contributed by atoms with Crippen LogP contribution in [0.4, 0.5) is 0 Å². The van der Waals surface area contributed by atoms with Gasteiger partial charge in [-0.3, -0.25) is 0 Å². The van der Waals surface area contributed by atoms with Crippen LogP contribution in [0.5, 0.6) is 11.6 Å². The molecule has 0 N–H and O–H groups in total. The van der Waals surface area contributed by atoms with Crippen LogP contribution in [0.25, 0.3) is 21.2 Å². The Morgan fingerprint density at radius 2 is 2.00 bits per heavy atom. The summed E-state index contributed by atoms with van der Waals surface area (Å²) in [5.74, 6) is 1.99. The third-order valence-corrected chi connectivity index (χ3v) is 6.14. The van der Waals surface area contributed by atoms with E-state index in [-0.39, 0.29) is 5.63 Å². The van der Waals surface area contributed by atoms with Gasteiger partial charge in [-0.25, -0.2) is 9.78 Å². The number of nitrogens with zero attached hydrogens (tertiary/aromatic N) is 2. The molecule has 0 saturated carbocycles. The van der Waals surface area contributed by atoms with Gasteiger partial charge in [-0.1, -0.05) is 6.92 Å². The minimum absolute atomic E-state index is 0.371. The Bertz CT molecular complexity index is 1230. The van der Waals surface area contributed by atoms with Crippen LogP contribution in [0.15, 0.2) is 39.5 Å². The van der Waals surface area contributed by atoms with E-state index in [2.05, 4.69) is 4.98 Å². The third-order valence-electron chi connectivity index (χ3n) is 4.95. The van der Waals surface area contributed by atoms with Crippen molar-refractivity contribution in [2.45, 2.75) is 39.0 Å². The smallest absolute Gasteiger partial charge is 0.336 e. The monoisotopic (exact) mass is 378 g/mol. The molecule has 5 nitrogen and oxygen atoms in total. The van der Waals surface area contributed by atoms with Gasteiger partial charge < -0.3 is 9.15 Å². The summed E-state index contributed by atoms with van der Waals surface area (Å²) in [4.78, 5) is 23.3. The molecule has 27 heavy (non-hydrogen) atoms.